The third-order valence-corrected chi connectivity index (χ3v) is 2.37. The number of nitrogens with one attached hydrogen (secondary N) is 3. The van der Waals surface area contributed by atoms with Crippen molar-refractivity contribution >= 4 is 17.6 Å². The number of nitrogens with two attached hydrogens (primary N) is 1. The highest BCUT2D eigenvalue weighted by Crippen LogP contribution is 2.07. The maximum atomic E-state index is 11.6. The number of rotatable bonds is 5. The summed E-state index contributed by atoms with van der Waals surface area (Å²) in [5.74, 6) is 0.963. The molecule has 0 aliphatic carbocycles. The lowest BCUT2D eigenvalue weighted by atomic mass is 10.2. The van der Waals surface area contributed by atoms with E-state index in [2.05, 4.69) is 15.6 Å². The summed E-state index contributed by atoms with van der Waals surface area (Å²) in [4.78, 5) is 15.9. The summed E-state index contributed by atoms with van der Waals surface area (Å²) in [5, 5.41) is 12.9. The highest BCUT2D eigenvalue weighted by Gasteiger charge is 2.25. The molecule has 1 amide bonds. The molecular weight excluding hydrogens is 206 g/mol. The van der Waals surface area contributed by atoms with E-state index in [1.807, 2.05) is 6.92 Å². The van der Waals surface area contributed by atoms with Crippen molar-refractivity contribution in [3.05, 3.63) is 0 Å². The summed E-state index contributed by atoms with van der Waals surface area (Å²) in [6, 6.07) is -0.183. The van der Waals surface area contributed by atoms with E-state index in [4.69, 9.17) is 11.1 Å². The van der Waals surface area contributed by atoms with Gasteiger partial charge < -0.3 is 16.4 Å². The normalized spacial score (nSPS) is 21.8. The Morgan fingerprint density at radius 1 is 1.75 bits per heavy atom. The van der Waals surface area contributed by atoms with E-state index in [1.165, 1.54) is 0 Å². The van der Waals surface area contributed by atoms with Crippen LogP contribution in [0.15, 0.2) is 4.99 Å². The second kappa shape index (κ2) is 6.09. The Bertz CT molecular complexity index is 300. The second-order valence-corrected chi connectivity index (χ2v) is 3.72. The Balaban J connectivity index is 2.28. The van der Waals surface area contributed by atoms with E-state index in [0.29, 0.717) is 13.0 Å². The monoisotopic (exact) mass is 225 g/mol. The number of hydrogen-bond acceptors (Lipinski definition) is 3. The average Bonchev–Trinajstić information content (AvgIpc) is 2.66. The minimum atomic E-state index is -0.183. The molecular formula is C10H19N5O. The van der Waals surface area contributed by atoms with Crippen molar-refractivity contribution in [3.8, 4) is 0 Å². The van der Waals surface area contributed by atoms with Crippen LogP contribution in [0.3, 0.4) is 0 Å². The van der Waals surface area contributed by atoms with Crippen LogP contribution in [0.2, 0.25) is 0 Å². The first kappa shape index (κ1) is 12.5. The van der Waals surface area contributed by atoms with E-state index in [0.717, 1.165) is 25.2 Å². The molecule has 1 aliphatic heterocycles. The summed E-state index contributed by atoms with van der Waals surface area (Å²) in [7, 11) is 0. The first-order valence-electron chi connectivity index (χ1n) is 5.54. The van der Waals surface area contributed by atoms with Crippen molar-refractivity contribution in [1.29, 1.82) is 5.41 Å². The van der Waals surface area contributed by atoms with Crippen LogP contribution in [0, 0.1) is 5.41 Å². The molecule has 1 aliphatic rings. The fraction of sp³-hybridized carbons (Fsp3) is 0.700. The lowest BCUT2D eigenvalue weighted by Gasteiger charge is -2.11. The minimum absolute atomic E-state index is 0.0393. The maximum Gasteiger partial charge on any atom is 0.242 e. The molecule has 16 heavy (non-hydrogen) atoms. The third kappa shape index (κ3) is 3.88. The Labute approximate surface area is 95.2 Å². The minimum Gasteiger partial charge on any atom is -0.388 e. The van der Waals surface area contributed by atoms with E-state index in [-0.39, 0.29) is 17.8 Å². The fourth-order valence-corrected chi connectivity index (χ4v) is 1.58. The predicted molar refractivity (Wildman–Crippen MR) is 63.7 cm³/mol. The molecule has 0 spiro atoms. The largest absolute Gasteiger partial charge is 0.388 e. The highest BCUT2D eigenvalue weighted by atomic mass is 16.2. The van der Waals surface area contributed by atoms with Gasteiger partial charge in [-0.05, 0) is 13.3 Å². The summed E-state index contributed by atoms with van der Waals surface area (Å²) < 4.78 is 0. The number of amides is 1. The maximum absolute atomic E-state index is 11.6. The fourth-order valence-electron chi connectivity index (χ4n) is 1.58. The standard InChI is InChI=1S/C10H19N5O/c1-2-13-9-4-3-7(15-9)10(16)14-6-5-8(11)12/h7H,2-6H2,1H3,(H3,11,12)(H,13,15)(H,14,16). The number of hydrogen-bond donors (Lipinski definition) is 4. The van der Waals surface area contributed by atoms with Gasteiger partial charge in [0.15, 0.2) is 0 Å². The van der Waals surface area contributed by atoms with Gasteiger partial charge >= 0.3 is 0 Å². The van der Waals surface area contributed by atoms with Crippen molar-refractivity contribution in [3.63, 3.8) is 0 Å². The Morgan fingerprint density at radius 3 is 3.12 bits per heavy atom. The van der Waals surface area contributed by atoms with E-state index < -0.39 is 0 Å². The molecule has 0 saturated carbocycles. The molecule has 0 aromatic carbocycles. The van der Waals surface area contributed by atoms with Crippen molar-refractivity contribution in [2.45, 2.75) is 32.2 Å². The van der Waals surface area contributed by atoms with E-state index in [1.54, 1.807) is 0 Å². The molecule has 0 bridgehead atoms. The van der Waals surface area contributed by atoms with Crippen LogP contribution in [-0.4, -0.2) is 36.7 Å². The summed E-state index contributed by atoms with van der Waals surface area (Å²) >= 11 is 0. The molecule has 1 unspecified atom stereocenters. The van der Waals surface area contributed by atoms with Crippen molar-refractivity contribution in [2.24, 2.45) is 10.7 Å². The molecule has 90 valence electrons. The molecule has 6 nitrogen and oxygen atoms in total. The van der Waals surface area contributed by atoms with Gasteiger partial charge in [-0.1, -0.05) is 0 Å². The van der Waals surface area contributed by atoms with Crippen molar-refractivity contribution in [1.82, 2.24) is 10.6 Å². The SMILES string of the molecule is CCN=C1CCC(C(=O)NCCC(=N)N)N1. The first-order valence-corrected chi connectivity index (χ1v) is 5.54. The average molecular weight is 225 g/mol. The molecule has 1 heterocycles. The van der Waals surface area contributed by atoms with E-state index >= 15 is 0 Å². The van der Waals surface area contributed by atoms with Gasteiger partial charge in [0.05, 0.1) is 11.7 Å². The Morgan fingerprint density at radius 2 is 2.50 bits per heavy atom. The van der Waals surface area contributed by atoms with Gasteiger partial charge in [0.2, 0.25) is 5.91 Å². The van der Waals surface area contributed by atoms with Gasteiger partial charge in [-0.3, -0.25) is 15.2 Å². The molecule has 0 radical (unpaired) electrons. The van der Waals surface area contributed by atoms with Crippen LogP contribution >= 0.6 is 0 Å². The number of aliphatic imine (C=N–C) groups is 1. The quantitative estimate of drug-likeness (QED) is 0.378. The number of amidine groups is 2. The van der Waals surface area contributed by atoms with Crippen molar-refractivity contribution < 1.29 is 4.79 Å². The van der Waals surface area contributed by atoms with Gasteiger partial charge in [-0.25, -0.2) is 0 Å². The van der Waals surface area contributed by atoms with Crippen LogP contribution in [-0.2, 0) is 4.79 Å². The molecule has 1 rings (SSSR count). The zero-order chi connectivity index (χ0) is 12.0. The van der Waals surface area contributed by atoms with Crippen LogP contribution in [0.25, 0.3) is 0 Å². The third-order valence-electron chi connectivity index (χ3n) is 2.37. The van der Waals surface area contributed by atoms with Crippen LogP contribution < -0.4 is 16.4 Å². The topological polar surface area (TPSA) is 103 Å². The van der Waals surface area contributed by atoms with Gasteiger partial charge in [-0.15, -0.1) is 0 Å². The summed E-state index contributed by atoms with van der Waals surface area (Å²) in [5.41, 5.74) is 5.19. The summed E-state index contributed by atoms with van der Waals surface area (Å²) in [6.07, 6.45) is 2.01. The van der Waals surface area contributed by atoms with Crippen molar-refractivity contribution in [2.75, 3.05) is 13.1 Å². The first-order chi connectivity index (χ1) is 7.63. The lowest BCUT2D eigenvalue weighted by molar-refractivity contribution is -0.122. The Hall–Kier alpha value is -1.59. The zero-order valence-electron chi connectivity index (χ0n) is 9.55. The molecule has 0 aromatic heterocycles. The molecule has 0 aromatic rings. The zero-order valence-corrected chi connectivity index (χ0v) is 9.55. The lowest BCUT2D eigenvalue weighted by Crippen LogP contribution is -2.42. The number of carbonyl (C=O) groups is 1. The van der Waals surface area contributed by atoms with E-state index in [9.17, 15) is 4.79 Å². The molecule has 1 saturated heterocycles. The second-order valence-electron chi connectivity index (χ2n) is 3.72. The smallest absolute Gasteiger partial charge is 0.242 e. The predicted octanol–water partition coefficient (Wildman–Crippen LogP) is -0.401. The molecule has 1 fully saturated rings. The number of nitrogens with zero attached hydrogens (tertiary/aromatic N) is 1. The van der Waals surface area contributed by atoms with Crippen LogP contribution in [0.4, 0.5) is 0 Å². The van der Waals surface area contributed by atoms with Gasteiger partial charge in [0.1, 0.15) is 6.04 Å². The highest BCUT2D eigenvalue weighted by molar-refractivity contribution is 5.93. The van der Waals surface area contributed by atoms with Crippen LogP contribution in [0.1, 0.15) is 26.2 Å². The molecule has 1 atom stereocenters. The Kier molecular flexibility index (Phi) is 4.75. The number of carbonyl (C=O) groups excluding carboxylic acids is 1. The van der Waals surface area contributed by atoms with Gasteiger partial charge in [0.25, 0.3) is 0 Å². The molecule has 5 N–H and O–H groups in total. The molecule has 6 heteroatoms. The van der Waals surface area contributed by atoms with Gasteiger partial charge in [-0.2, -0.15) is 0 Å². The summed E-state index contributed by atoms with van der Waals surface area (Å²) in [6.45, 7) is 3.13. The van der Waals surface area contributed by atoms with Crippen LogP contribution in [0.5, 0.6) is 0 Å². The van der Waals surface area contributed by atoms with Gasteiger partial charge in [0, 0.05) is 25.9 Å².